The fourth-order valence-corrected chi connectivity index (χ4v) is 3.58. The van der Waals surface area contributed by atoms with E-state index in [0.717, 1.165) is 11.8 Å². The molecule has 0 N–H and O–H groups in total. The predicted octanol–water partition coefficient (Wildman–Crippen LogP) is 3.30. The SMILES string of the molecule is O=C(c1ccccc1)[C@@H]1SC(=S)N(c2ccccc2)C1=O. The molecule has 0 spiro atoms. The van der Waals surface area contributed by atoms with Crippen molar-refractivity contribution >= 4 is 45.7 Å². The molecule has 0 saturated carbocycles. The Morgan fingerprint density at radius 3 is 2.19 bits per heavy atom. The first kappa shape index (κ1) is 14.0. The minimum absolute atomic E-state index is 0.202. The number of thiocarbonyl (C=S) groups is 1. The first-order valence-corrected chi connectivity index (χ1v) is 7.66. The maximum absolute atomic E-state index is 12.5. The second kappa shape index (κ2) is 5.79. The fourth-order valence-electron chi connectivity index (χ4n) is 2.14. The number of para-hydroxylation sites is 1. The highest BCUT2D eigenvalue weighted by molar-refractivity contribution is 8.25. The van der Waals surface area contributed by atoms with Gasteiger partial charge in [-0.2, -0.15) is 0 Å². The Bertz CT molecular complexity index is 701. The third-order valence-corrected chi connectivity index (χ3v) is 4.66. The summed E-state index contributed by atoms with van der Waals surface area (Å²) in [6.45, 7) is 0. The van der Waals surface area contributed by atoms with Crippen LogP contribution in [-0.4, -0.2) is 21.3 Å². The molecule has 104 valence electrons. The van der Waals surface area contributed by atoms with Crippen molar-refractivity contribution in [2.45, 2.75) is 5.25 Å². The number of thioether (sulfide) groups is 1. The monoisotopic (exact) mass is 313 g/mol. The summed E-state index contributed by atoms with van der Waals surface area (Å²) in [5.41, 5.74) is 1.23. The average molecular weight is 313 g/mol. The summed E-state index contributed by atoms with van der Waals surface area (Å²) in [6, 6.07) is 18.0. The number of rotatable bonds is 3. The molecule has 0 unspecified atom stereocenters. The number of Topliss-reactive ketones (excluding diaryl/α,β-unsaturated/α-hetero) is 1. The fraction of sp³-hybridized carbons (Fsp3) is 0.0625. The van der Waals surface area contributed by atoms with Crippen LogP contribution < -0.4 is 4.90 Å². The minimum Gasteiger partial charge on any atom is -0.292 e. The van der Waals surface area contributed by atoms with Crippen LogP contribution in [0.15, 0.2) is 60.7 Å². The number of carbonyl (C=O) groups is 2. The van der Waals surface area contributed by atoms with Crippen molar-refractivity contribution in [3.63, 3.8) is 0 Å². The number of nitrogens with zero attached hydrogens (tertiary/aromatic N) is 1. The van der Waals surface area contributed by atoms with E-state index in [2.05, 4.69) is 0 Å². The second-order valence-electron chi connectivity index (χ2n) is 4.50. The molecule has 1 aliphatic heterocycles. The van der Waals surface area contributed by atoms with Crippen molar-refractivity contribution in [3.05, 3.63) is 66.2 Å². The van der Waals surface area contributed by atoms with Crippen LogP contribution in [0.4, 0.5) is 5.69 Å². The van der Waals surface area contributed by atoms with E-state index in [1.165, 1.54) is 4.90 Å². The normalized spacial score (nSPS) is 18.1. The summed E-state index contributed by atoms with van der Waals surface area (Å²) >= 11 is 6.40. The maximum atomic E-state index is 12.5. The summed E-state index contributed by atoms with van der Waals surface area (Å²) < 4.78 is 0.417. The zero-order valence-corrected chi connectivity index (χ0v) is 12.6. The van der Waals surface area contributed by atoms with Gasteiger partial charge in [0.15, 0.2) is 11.0 Å². The van der Waals surface area contributed by atoms with E-state index in [9.17, 15) is 9.59 Å². The molecule has 1 fully saturated rings. The highest BCUT2D eigenvalue weighted by atomic mass is 32.2. The largest absolute Gasteiger partial charge is 0.292 e. The Labute approximate surface area is 132 Å². The second-order valence-corrected chi connectivity index (χ2v) is 6.24. The third kappa shape index (κ3) is 2.62. The van der Waals surface area contributed by atoms with Crippen LogP contribution in [0.5, 0.6) is 0 Å². The van der Waals surface area contributed by atoms with Gasteiger partial charge in [-0.15, -0.1) is 0 Å². The van der Waals surface area contributed by atoms with Gasteiger partial charge in [-0.25, -0.2) is 0 Å². The summed E-state index contributed by atoms with van der Waals surface area (Å²) in [5, 5.41) is -0.792. The molecular formula is C16H11NO2S2. The number of ketones is 1. The molecule has 1 atom stereocenters. The lowest BCUT2D eigenvalue weighted by molar-refractivity contribution is -0.116. The lowest BCUT2D eigenvalue weighted by atomic mass is 10.1. The zero-order chi connectivity index (χ0) is 14.8. The average Bonchev–Trinajstić information content (AvgIpc) is 2.83. The molecule has 3 rings (SSSR count). The molecule has 0 bridgehead atoms. The van der Waals surface area contributed by atoms with E-state index in [1.54, 1.807) is 36.4 Å². The molecule has 0 aliphatic carbocycles. The van der Waals surface area contributed by atoms with Gasteiger partial charge >= 0.3 is 0 Å². The molecule has 1 amide bonds. The van der Waals surface area contributed by atoms with Gasteiger partial charge in [0, 0.05) is 5.56 Å². The van der Waals surface area contributed by atoms with E-state index in [1.807, 2.05) is 24.3 Å². The Morgan fingerprint density at radius 1 is 1.00 bits per heavy atom. The molecule has 1 heterocycles. The van der Waals surface area contributed by atoms with Gasteiger partial charge in [-0.05, 0) is 12.1 Å². The number of hydrogen-bond acceptors (Lipinski definition) is 4. The van der Waals surface area contributed by atoms with Gasteiger partial charge in [0.1, 0.15) is 4.32 Å². The highest BCUT2D eigenvalue weighted by Gasteiger charge is 2.42. The zero-order valence-electron chi connectivity index (χ0n) is 10.9. The number of anilines is 1. The van der Waals surface area contributed by atoms with Crippen LogP contribution in [0.25, 0.3) is 0 Å². The molecule has 2 aromatic rings. The standard InChI is InChI=1S/C16H11NO2S2/c18-13(11-7-3-1-4-8-11)14-15(19)17(16(20)21-14)12-9-5-2-6-10-12/h1-10,14H/t14-/m0/s1. The first-order valence-electron chi connectivity index (χ1n) is 6.37. The smallest absolute Gasteiger partial charge is 0.254 e. The van der Waals surface area contributed by atoms with E-state index in [-0.39, 0.29) is 11.7 Å². The van der Waals surface area contributed by atoms with Gasteiger partial charge in [-0.3, -0.25) is 14.5 Å². The number of carbonyl (C=O) groups excluding carboxylic acids is 2. The molecule has 5 heteroatoms. The molecular weight excluding hydrogens is 302 g/mol. The van der Waals surface area contributed by atoms with Crippen LogP contribution in [-0.2, 0) is 4.79 Å². The van der Waals surface area contributed by atoms with Crippen molar-refractivity contribution < 1.29 is 9.59 Å². The van der Waals surface area contributed by atoms with Crippen molar-refractivity contribution in [2.75, 3.05) is 4.90 Å². The predicted molar refractivity (Wildman–Crippen MR) is 88.7 cm³/mol. The van der Waals surface area contributed by atoms with Crippen molar-refractivity contribution in [1.29, 1.82) is 0 Å². The molecule has 0 radical (unpaired) electrons. The van der Waals surface area contributed by atoms with Crippen LogP contribution in [0.1, 0.15) is 10.4 Å². The topological polar surface area (TPSA) is 37.4 Å². The summed E-state index contributed by atoms with van der Waals surface area (Å²) in [4.78, 5) is 26.4. The Morgan fingerprint density at radius 2 is 1.57 bits per heavy atom. The van der Waals surface area contributed by atoms with Crippen LogP contribution in [0, 0.1) is 0 Å². The van der Waals surface area contributed by atoms with Crippen LogP contribution >= 0.6 is 24.0 Å². The van der Waals surface area contributed by atoms with Crippen LogP contribution in [0.3, 0.4) is 0 Å². The summed E-state index contributed by atoms with van der Waals surface area (Å²) in [5.74, 6) is -0.476. The Hall–Kier alpha value is -1.98. The van der Waals surface area contributed by atoms with Gasteiger partial charge in [0.05, 0.1) is 5.69 Å². The lowest BCUT2D eigenvalue weighted by Gasteiger charge is -2.15. The van der Waals surface area contributed by atoms with Gasteiger partial charge in [0.25, 0.3) is 5.91 Å². The number of hydrogen-bond donors (Lipinski definition) is 0. The van der Waals surface area contributed by atoms with E-state index in [4.69, 9.17) is 12.2 Å². The quantitative estimate of drug-likeness (QED) is 0.495. The Balaban J connectivity index is 1.89. The van der Waals surface area contributed by atoms with Gasteiger partial charge in [0.2, 0.25) is 0 Å². The third-order valence-electron chi connectivity index (χ3n) is 3.16. The first-order chi connectivity index (χ1) is 10.2. The minimum atomic E-state index is -0.792. The van der Waals surface area contributed by atoms with Crippen LogP contribution in [0.2, 0.25) is 0 Å². The van der Waals surface area contributed by atoms with E-state index in [0.29, 0.717) is 15.6 Å². The molecule has 0 aromatic heterocycles. The van der Waals surface area contributed by atoms with Gasteiger partial charge < -0.3 is 0 Å². The maximum Gasteiger partial charge on any atom is 0.254 e. The van der Waals surface area contributed by atoms with Crippen molar-refractivity contribution in [3.8, 4) is 0 Å². The number of amides is 1. The summed E-state index contributed by atoms with van der Waals surface area (Å²) in [6.07, 6.45) is 0. The molecule has 1 saturated heterocycles. The van der Waals surface area contributed by atoms with Crippen molar-refractivity contribution in [1.82, 2.24) is 0 Å². The van der Waals surface area contributed by atoms with Crippen molar-refractivity contribution in [2.24, 2.45) is 0 Å². The molecule has 1 aliphatic rings. The summed E-state index contributed by atoms with van der Waals surface area (Å²) in [7, 11) is 0. The molecule has 3 nitrogen and oxygen atoms in total. The number of benzene rings is 2. The highest BCUT2D eigenvalue weighted by Crippen LogP contribution is 2.33. The van der Waals surface area contributed by atoms with Gasteiger partial charge in [-0.1, -0.05) is 72.5 Å². The van der Waals surface area contributed by atoms with E-state index >= 15 is 0 Å². The van der Waals surface area contributed by atoms with E-state index < -0.39 is 5.25 Å². The molecule has 21 heavy (non-hydrogen) atoms. The molecule has 2 aromatic carbocycles. The lowest BCUT2D eigenvalue weighted by Crippen LogP contribution is -2.34. The Kier molecular flexibility index (Phi) is 3.86.